The van der Waals surface area contributed by atoms with Crippen LogP contribution in [0, 0.1) is 0 Å². The summed E-state index contributed by atoms with van der Waals surface area (Å²) in [6, 6.07) is 4.64. The number of hydrogen-bond acceptors (Lipinski definition) is 4. The highest BCUT2D eigenvalue weighted by molar-refractivity contribution is 5.49. The van der Waals surface area contributed by atoms with Crippen molar-refractivity contribution in [3.63, 3.8) is 0 Å². The van der Waals surface area contributed by atoms with E-state index in [2.05, 4.69) is 23.3 Å². The monoisotopic (exact) mass is 304 g/mol. The van der Waals surface area contributed by atoms with Crippen LogP contribution in [0.25, 0.3) is 0 Å². The van der Waals surface area contributed by atoms with Crippen LogP contribution in [-0.4, -0.2) is 50.3 Å². The molecule has 1 atom stereocenters. The number of likely N-dealkylation sites (N-methyl/N-ethyl adjacent to an activating group) is 1. The van der Waals surface area contributed by atoms with Crippen LogP contribution in [0.15, 0.2) is 12.1 Å². The van der Waals surface area contributed by atoms with Gasteiger partial charge in [0.2, 0.25) is 0 Å². The summed E-state index contributed by atoms with van der Waals surface area (Å²) < 4.78 is 5.56. The van der Waals surface area contributed by atoms with E-state index in [0.29, 0.717) is 6.04 Å². The molecular formula is C18H28N2O2. The number of aliphatic hydroxyl groups is 1. The van der Waals surface area contributed by atoms with Gasteiger partial charge in [0.1, 0.15) is 5.75 Å². The van der Waals surface area contributed by atoms with Crippen molar-refractivity contribution >= 4 is 0 Å². The second kappa shape index (κ2) is 6.19. The molecule has 4 heteroatoms. The lowest BCUT2D eigenvalue weighted by atomic mass is 9.76. The third kappa shape index (κ3) is 2.75. The number of methoxy groups -OCH3 is 1. The van der Waals surface area contributed by atoms with Crippen LogP contribution >= 0.6 is 0 Å². The number of likely N-dealkylation sites (tertiary alicyclic amines) is 1. The molecule has 2 N–H and O–H groups in total. The summed E-state index contributed by atoms with van der Waals surface area (Å²) in [6.45, 7) is 1.90. The Kier molecular flexibility index (Phi) is 4.44. The van der Waals surface area contributed by atoms with Crippen LogP contribution in [0.4, 0.5) is 0 Å². The minimum atomic E-state index is -0.682. The molecule has 1 saturated heterocycles. The predicted molar refractivity (Wildman–Crippen MR) is 88.5 cm³/mol. The zero-order valence-electron chi connectivity index (χ0n) is 14.0. The van der Waals surface area contributed by atoms with E-state index < -0.39 is 5.60 Å². The topological polar surface area (TPSA) is 44.7 Å². The highest BCUT2D eigenvalue weighted by Crippen LogP contribution is 2.40. The maximum atomic E-state index is 11.3. The Morgan fingerprint density at radius 3 is 2.64 bits per heavy atom. The van der Waals surface area contributed by atoms with Gasteiger partial charge in [0.15, 0.2) is 0 Å². The lowest BCUT2D eigenvalue weighted by molar-refractivity contribution is -0.0212. The van der Waals surface area contributed by atoms with E-state index in [1.54, 1.807) is 7.11 Å². The van der Waals surface area contributed by atoms with E-state index in [1.165, 1.54) is 11.1 Å². The van der Waals surface area contributed by atoms with E-state index in [9.17, 15) is 5.11 Å². The first-order chi connectivity index (χ1) is 10.6. The predicted octanol–water partition coefficient (Wildman–Crippen LogP) is 1.69. The molecule has 4 nitrogen and oxygen atoms in total. The van der Waals surface area contributed by atoms with Gasteiger partial charge < -0.3 is 20.1 Å². The van der Waals surface area contributed by atoms with Gasteiger partial charge in [-0.2, -0.15) is 0 Å². The molecule has 0 radical (unpaired) electrons. The van der Waals surface area contributed by atoms with Crippen LogP contribution in [0.5, 0.6) is 5.75 Å². The zero-order valence-corrected chi connectivity index (χ0v) is 14.0. The zero-order chi connectivity index (χ0) is 15.7. The van der Waals surface area contributed by atoms with Crippen molar-refractivity contribution in [2.45, 2.75) is 43.7 Å². The minimum Gasteiger partial charge on any atom is -0.496 e. The van der Waals surface area contributed by atoms with Crippen molar-refractivity contribution in [3.8, 4) is 5.75 Å². The Balaban J connectivity index is 2.01. The first-order valence-electron chi connectivity index (χ1n) is 8.35. The Morgan fingerprint density at radius 2 is 2.00 bits per heavy atom. The fourth-order valence-electron chi connectivity index (χ4n) is 3.98. The highest BCUT2D eigenvalue weighted by atomic mass is 16.5. The van der Waals surface area contributed by atoms with Crippen LogP contribution in [-0.2, 0) is 18.4 Å². The lowest BCUT2D eigenvalue weighted by Gasteiger charge is -2.40. The smallest absolute Gasteiger partial charge is 0.122 e. The molecule has 1 fully saturated rings. The average Bonchev–Trinajstić information content (AvgIpc) is 2.56. The van der Waals surface area contributed by atoms with E-state index >= 15 is 0 Å². The number of hydrogen-bond donors (Lipinski definition) is 2. The largest absolute Gasteiger partial charge is 0.496 e. The highest BCUT2D eigenvalue weighted by Gasteiger charge is 2.37. The standard InChI is InChI=1S/C18H28N2O2/c1-19-13-4-5-14-15(12-13)16(6-7-17(14)22-3)18(21)8-10-20(2)11-9-18/h6-7,13,19,21H,4-5,8-12H2,1-3H3. The minimum absolute atomic E-state index is 0.494. The number of nitrogens with zero attached hydrogens (tertiary/aromatic N) is 1. The summed E-state index contributed by atoms with van der Waals surface area (Å²) in [5.41, 5.74) is 3.07. The molecule has 22 heavy (non-hydrogen) atoms. The normalized spacial score (nSPS) is 24.8. The van der Waals surface area contributed by atoms with Crippen LogP contribution in [0.3, 0.4) is 0 Å². The molecule has 1 aromatic carbocycles. The number of rotatable bonds is 3. The van der Waals surface area contributed by atoms with Gasteiger partial charge in [0, 0.05) is 19.1 Å². The van der Waals surface area contributed by atoms with Gasteiger partial charge in [-0.05, 0) is 69.0 Å². The Hall–Kier alpha value is -1.10. The van der Waals surface area contributed by atoms with Gasteiger partial charge >= 0.3 is 0 Å². The Bertz CT molecular complexity index is 536. The van der Waals surface area contributed by atoms with Gasteiger partial charge in [-0.15, -0.1) is 0 Å². The third-order valence-electron chi connectivity index (χ3n) is 5.53. The van der Waals surface area contributed by atoms with Crippen LogP contribution < -0.4 is 10.1 Å². The molecular weight excluding hydrogens is 276 g/mol. The SMILES string of the molecule is CNC1CCc2c(OC)ccc(C3(O)CCN(C)CC3)c2C1. The first kappa shape index (κ1) is 15.8. The maximum absolute atomic E-state index is 11.3. The summed E-state index contributed by atoms with van der Waals surface area (Å²) in [5, 5.41) is 14.7. The lowest BCUT2D eigenvalue weighted by Crippen LogP contribution is -2.42. The molecule has 1 heterocycles. The van der Waals surface area contributed by atoms with Crippen molar-refractivity contribution in [1.29, 1.82) is 0 Å². The van der Waals surface area contributed by atoms with Crippen molar-refractivity contribution in [1.82, 2.24) is 10.2 Å². The first-order valence-corrected chi connectivity index (χ1v) is 8.35. The molecule has 1 aromatic rings. The molecule has 0 aromatic heterocycles. The Morgan fingerprint density at radius 1 is 1.27 bits per heavy atom. The van der Waals surface area contributed by atoms with Gasteiger partial charge in [0.05, 0.1) is 12.7 Å². The van der Waals surface area contributed by atoms with Crippen molar-refractivity contribution in [2.75, 3.05) is 34.3 Å². The molecule has 3 rings (SSSR count). The number of benzene rings is 1. The number of nitrogens with one attached hydrogen (secondary N) is 1. The molecule has 2 aliphatic rings. The van der Waals surface area contributed by atoms with E-state index in [4.69, 9.17) is 4.74 Å². The second-order valence-corrected chi connectivity index (χ2v) is 6.84. The molecule has 1 aliphatic heterocycles. The van der Waals surface area contributed by atoms with Crippen molar-refractivity contribution in [3.05, 3.63) is 28.8 Å². The number of ether oxygens (including phenoxy) is 1. The Labute approximate surface area is 133 Å². The van der Waals surface area contributed by atoms with Gasteiger partial charge in [-0.3, -0.25) is 0 Å². The fraction of sp³-hybridized carbons (Fsp3) is 0.667. The molecule has 0 bridgehead atoms. The molecule has 0 amide bonds. The summed E-state index contributed by atoms with van der Waals surface area (Å²) in [4.78, 5) is 2.29. The van der Waals surface area contributed by atoms with E-state index in [-0.39, 0.29) is 0 Å². The number of piperidine rings is 1. The molecule has 122 valence electrons. The van der Waals surface area contributed by atoms with Crippen molar-refractivity contribution in [2.24, 2.45) is 0 Å². The molecule has 1 unspecified atom stereocenters. The molecule has 0 spiro atoms. The summed E-state index contributed by atoms with van der Waals surface area (Å²) in [5.74, 6) is 0.977. The summed E-state index contributed by atoms with van der Waals surface area (Å²) in [7, 11) is 5.89. The molecule has 0 saturated carbocycles. The number of fused-ring (bicyclic) bond motifs is 1. The average molecular weight is 304 g/mol. The van der Waals surface area contributed by atoms with E-state index in [1.807, 2.05) is 13.1 Å². The van der Waals surface area contributed by atoms with Gasteiger partial charge in [0.25, 0.3) is 0 Å². The van der Waals surface area contributed by atoms with Crippen molar-refractivity contribution < 1.29 is 9.84 Å². The second-order valence-electron chi connectivity index (χ2n) is 6.84. The third-order valence-corrected chi connectivity index (χ3v) is 5.53. The van der Waals surface area contributed by atoms with Crippen LogP contribution in [0.2, 0.25) is 0 Å². The van der Waals surface area contributed by atoms with Crippen LogP contribution in [0.1, 0.15) is 36.0 Å². The molecule has 1 aliphatic carbocycles. The van der Waals surface area contributed by atoms with E-state index in [0.717, 1.165) is 56.5 Å². The fourth-order valence-corrected chi connectivity index (χ4v) is 3.98. The summed E-state index contributed by atoms with van der Waals surface area (Å²) >= 11 is 0. The van der Waals surface area contributed by atoms with Gasteiger partial charge in [-0.25, -0.2) is 0 Å². The quantitative estimate of drug-likeness (QED) is 0.892. The van der Waals surface area contributed by atoms with Gasteiger partial charge in [-0.1, -0.05) is 6.07 Å². The summed E-state index contributed by atoms with van der Waals surface area (Å²) in [6.07, 6.45) is 4.76. The maximum Gasteiger partial charge on any atom is 0.122 e.